The van der Waals surface area contributed by atoms with Gasteiger partial charge in [-0.15, -0.1) is 0 Å². The van der Waals surface area contributed by atoms with Crippen molar-refractivity contribution in [3.05, 3.63) is 29.8 Å². The van der Waals surface area contributed by atoms with Crippen LogP contribution in [0.2, 0.25) is 0 Å². The molecule has 0 aromatic heterocycles. The second kappa shape index (κ2) is 4.63. The Morgan fingerprint density at radius 2 is 1.83 bits per heavy atom. The summed E-state index contributed by atoms with van der Waals surface area (Å²) in [6.07, 6.45) is 0.890. The lowest BCUT2D eigenvalue weighted by molar-refractivity contribution is -0.156. The quantitative estimate of drug-likeness (QED) is 0.771. The molecule has 1 fully saturated rings. The summed E-state index contributed by atoms with van der Waals surface area (Å²) in [5, 5.41) is 0. The number of carbonyl (C=O) groups is 1. The molecular formula is C15H20O3. The molecule has 0 bridgehead atoms. The summed E-state index contributed by atoms with van der Waals surface area (Å²) in [7, 11) is 1.65. The van der Waals surface area contributed by atoms with Gasteiger partial charge in [0.25, 0.3) is 0 Å². The van der Waals surface area contributed by atoms with E-state index in [1.165, 1.54) is 5.56 Å². The van der Waals surface area contributed by atoms with Gasteiger partial charge < -0.3 is 9.47 Å². The molecule has 2 unspecified atom stereocenters. The number of methoxy groups -OCH3 is 1. The van der Waals surface area contributed by atoms with Crippen LogP contribution >= 0.6 is 0 Å². The Morgan fingerprint density at radius 1 is 1.22 bits per heavy atom. The minimum Gasteiger partial charge on any atom is -0.497 e. The Labute approximate surface area is 108 Å². The Morgan fingerprint density at radius 3 is 2.33 bits per heavy atom. The maximum absolute atomic E-state index is 11.9. The topological polar surface area (TPSA) is 35.5 Å². The average Bonchev–Trinajstić information content (AvgIpc) is 3.07. The summed E-state index contributed by atoms with van der Waals surface area (Å²) in [6.45, 7) is 5.70. The van der Waals surface area contributed by atoms with Crippen LogP contribution in [-0.4, -0.2) is 18.7 Å². The molecule has 0 saturated heterocycles. The van der Waals surface area contributed by atoms with Crippen LogP contribution in [0.4, 0.5) is 0 Å². The number of carbonyl (C=O) groups excluding carboxylic acids is 1. The van der Waals surface area contributed by atoms with Crippen molar-refractivity contribution in [3.63, 3.8) is 0 Å². The maximum atomic E-state index is 11.9. The minimum atomic E-state index is -0.399. The van der Waals surface area contributed by atoms with Crippen molar-refractivity contribution in [2.75, 3.05) is 7.11 Å². The monoisotopic (exact) mass is 248 g/mol. The predicted molar refractivity (Wildman–Crippen MR) is 69.7 cm³/mol. The van der Waals surface area contributed by atoms with E-state index in [0.29, 0.717) is 5.92 Å². The zero-order chi connectivity index (χ0) is 13.3. The first-order valence-corrected chi connectivity index (χ1v) is 6.27. The zero-order valence-electron chi connectivity index (χ0n) is 11.4. The third-order valence-corrected chi connectivity index (χ3v) is 3.04. The van der Waals surface area contributed by atoms with Crippen molar-refractivity contribution in [3.8, 4) is 5.75 Å². The molecule has 2 rings (SSSR count). The second-order valence-corrected chi connectivity index (χ2v) is 5.76. The van der Waals surface area contributed by atoms with Crippen LogP contribution in [0, 0.1) is 5.92 Å². The molecule has 0 aliphatic heterocycles. The molecule has 1 aliphatic rings. The first-order valence-electron chi connectivity index (χ1n) is 6.27. The Bertz CT molecular complexity index is 428. The number of esters is 1. The lowest BCUT2D eigenvalue weighted by Gasteiger charge is -2.19. The first-order chi connectivity index (χ1) is 8.40. The van der Waals surface area contributed by atoms with Crippen LogP contribution in [0.25, 0.3) is 0 Å². The SMILES string of the molecule is COc1ccc(C2CC2C(=O)OC(C)(C)C)cc1. The summed E-state index contributed by atoms with van der Waals surface area (Å²) >= 11 is 0. The number of hydrogen-bond acceptors (Lipinski definition) is 3. The Kier molecular flexibility index (Phi) is 3.33. The summed E-state index contributed by atoms with van der Waals surface area (Å²) in [4.78, 5) is 11.9. The first kappa shape index (κ1) is 12.9. The number of benzene rings is 1. The van der Waals surface area contributed by atoms with E-state index in [1.54, 1.807) is 7.11 Å². The van der Waals surface area contributed by atoms with Gasteiger partial charge in [0.1, 0.15) is 11.4 Å². The third-order valence-electron chi connectivity index (χ3n) is 3.04. The van der Waals surface area contributed by atoms with Crippen LogP contribution in [0.3, 0.4) is 0 Å². The maximum Gasteiger partial charge on any atom is 0.310 e. The molecule has 0 radical (unpaired) electrons. The average molecular weight is 248 g/mol. The van der Waals surface area contributed by atoms with Crippen LogP contribution in [0.5, 0.6) is 5.75 Å². The van der Waals surface area contributed by atoms with Crippen LogP contribution in [0.15, 0.2) is 24.3 Å². The molecule has 1 saturated carbocycles. The van der Waals surface area contributed by atoms with Crippen molar-refractivity contribution in [1.82, 2.24) is 0 Å². The van der Waals surface area contributed by atoms with E-state index in [1.807, 2.05) is 45.0 Å². The highest BCUT2D eigenvalue weighted by Gasteiger charge is 2.46. The molecule has 18 heavy (non-hydrogen) atoms. The van der Waals surface area contributed by atoms with Gasteiger partial charge in [0.15, 0.2) is 0 Å². The molecule has 0 N–H and O–H groups in total. The molecule has 1 aliphatic carbocycles. The molecule has 0 heterocycles. The van der Waals surface area contributed by atoms with Crippen LogP contribution in [0.1, 0.15) is 38.7 Å². The summed E-state index contributed by atoms with van der Waals surface area (Å²) < 4.78 is 10.5. The minimum absolute atomic E-state index is 0.0256. The highest BCUT2D eigenvalue weighted by molar-refractivity contribution is 5.77. The van der Waals surface area contributed by atoms with Gasteiger partial charge in [-0.25, -0.2) is 0 Å². The van der Waals surface area contributed by atoms with Gasteiger partial charge in [-0.05, 0) is 50.8 Å². The molecule has 0 amide bonds. The Hall–Kier alpha value is -1.51. The molecule has 3 heteroatoms. The molecule has 2 atom stereocenters. The van der Waals surface area contributed by atoms with E-state index in [9.17, 15) is 4.79 Å². The molecule has 98 valence electrons. The van der Waals surface area contributed by atoms with Gasteiger partial charge >= 0.3 is 5.97 Å². The van der Waals surface area contributed by atoms with E-state index in [4.69, 9.17) is 9.47 Å². The van der Waals surface area contributed by atoms with E-state index in [-0.39, 0.29) is 11.9 Å². The van der Waals surface area contributed by atoms with Crippen LogP contribution < -0.4 is 4.74 Å². The van der Waals surface area contributed by atoms with E-state index in [2.05, 4.69) is 0 Å². The van der Waals surface area contributed by atoms with E-state index >= 15 is 0 Å². The normalized spacial score (nSPS) is 22.4. The van der Waals surface area contributed by atoms with Gasteiger partial charge in [0, 0.05) is 0 Å². The zero-order valence-corrected chi connectivity index (χ0v) is 11.4. The van der Waals surface area contributed by atoms with Crippen molar-refractivity contribution in [2.45, 2.75) is 38.7 Å². The molecule has 1 aromatic rings. The number of ether oxygens (including phenoxy) is 2. The molecular weight excluding hydrogens is 228 g/mol. The highest BCUT2D eigenvalue weighted by atomic mass is 16.6. The Balaban J connectivity index is 1.96. The van der Waals surface area contributed by atoms with Crippen molar-refractivity contribution in [2.24, 2.45) is 5.92 Å². The van der Waals surface area contributed by atoms with Crippen molar-refractivity contribution >= 4 is 5.97 Å². The summed E-state index contributed by atoms with van der Waals surface area (Å²) in [5.74, 6) is 1.10. The molecule has 1 aromatic carbocycles. The fourth-order valence-corrected chi connectivity index (χ4v) is 2.05. The molecule has 0 spiro atoms. The van der Waals surface area contributed by atoms with Gasteiger partial charge in [-0.2, -0.15) is 0 Å². The van der Waals surface area contributed by atoms with Gasteiger partial charge in [0.05, 0.1) is 13.0 Å². The fourth-order valence-electron chi connectivity index (χ4n) is 2.05. The third kappa shape index (κ3) is 3.03. The molecule has 3 nitrogen and oxygen atoms in total. The van der Waals surface area contributed by atoms with Gasteiger partial charge in [-0.1, -0.05) is 12.1 Å². The number of hydrogen-bond donors (Lipinski definition) is 0. The number of rotatable bonds is 3. The summed E-state index contributed by atoms with van der Waals surface area (Å²) in [6, 6.07) is 7.90. The lowest BCUT2D eigenvalue weighted by Crippen LogP contribution is -2.25. The van der Waals surface area contributed by atoms with E-state index < -0.39 is 5.60 Å². The summed E-state index contributed by atoms with van der Waals surface area (Å²) in [5.41, 5.74) is 0.788. The van der Waals surface area contributed by atoms with Crippen molar-refractivity contribution < 1.29 is 14.3 Å². The van der Waals surface area contributed by atoms with Crippen molar-refractivity contribution in [1.29, 1.82) is 0 Å². The largest absolute Gasteiger partial charge is 0.497 e. The van der Waals surface area contributed by atoms with E-state index in [0.717, 1.165) is 12.2 Å². The fraction of sp³-hybridized carbons (Fsp3) is 0.533. The smallest absolute Gasteiger partial charge is 0.310 e. The van der Waals surface area contributed by atoms with Gasteiger partial charge in [-0.3, -0.25) is 4.79 Å². The lowest BCUT2D eigenvalue weighted by atomic mass is 10.1. The van der Waals surface area contributed by atoms with Gasteiger partial charge in [0.2, 0.25) is 0 Å². The highest BCUT2D eigenvalue weighted by Crippen LogP contribution is 2.48. The van der Waals surface area contributed by atoms with Crippen LogP contribution in [-0.2, 0) is 9.53 Å². The second-order valence-electron chi connectivity index (χ2n) is 5.76. The standard InChI is InChI=1S/C15H20O3/c1-15(2,3)18-14(16)13-9-12(13)10-5-7-11(17-4)8-6-10/h5-8,12-13H,9H2,1-4H3. The predicted octanol–water partition coefficient (Wildman–Crippen LogP) is 3.14.